The smallest absolute Gasteiger partial charge is 0.418 e. The summed E-state index contributed by atoms with van der Waals surface area (Å²) in [5.74, 6) is -3.62. The van der Waals surface area contributed by atoms with E-state index in [1.165, 1.54) is 30.0 Å². The number of hydrogen-bond acceptors (Lipinski definition) is 7. The quantitative estimate of drug-likeness (QED) is 0.178. The molecule has 1 saturated heterocycles. The lowest BCUT2D eigenvalue weighted by Crippen LogP contribution is -2.42. The number of aromatic amines is 1. The average Bonchev–Trinajstić information content (AvgIpc) is 3.85. The van der Waals surface area contributed by atoms with Crippen molar-refractivity contribution >= 4 is 63.0 Å². The molecule has 0 radical (unpaired) electrons. The van der Waals surface area contributed by atoms with Gasteiger partial charge in [-0.2, -0.15) is 13.2 Å². The third-order valence-corrected chi connectivity index (χ3v) is 13.4. The Kier molecular flexibility index (Phi) is 7.44. The van der Waals surface area contributed by atoms with Crippen LogP contribution in [0, 0.1) is 29.6 Å². The summed E-state index contributed by atoms with van der Waals surface area (Å²) < 4.78 is 48.0. The number of aromatic nitrogens is 1. The van der Waals surface area contributed by atoms with Crippen LogP contribution in [0.3, 0.4) is 0 Å². The van der Waals surface area contributed by atoms with Gasteiger partial charge < -0.3 is 15.0 Å². The van der Waals surface area contributed by atoms with E-state index in [1.807, 2.05) is 60.7 Å². The van der Waals surface area contributed by atoms with E-state index in [2.05, 4.69) is 10.3 Å². The summed E-state index contributed by atoms with van der Waals surface area (Å²) in [6.45, 7) is -0.244. The Hall–Kier alpha value is -4.88. The number of carbonyl (C=O) groups is 3. The van der Waals surface area contributed by atoms with Gasteiger partial charge in [-0.05, 0) is 76.9 Å². The third kappa shape index (κ3) is 5.19. The Labute approximate surface area is 297 Å². The highest BCUT2D eigenvalue weighted by Crippen LogP contribution is 2.69. The van der Waals surface area contributed by atoms with Crippen molar-refractivity contribution in [3.8, 4) is 5.75 Å². The molecular weight excluding hydrogens is 700 g/mol. The second kappa shape index (κ2) is 11.8. The van der Waals surface area contributed by atoms with Gasteiger partial charge in [0.2, 0.25) is 11.8 Å². The molecule has 2 N–H and O–H groups in total. The fraction of sp³-hybridized carbons (Fsp3) is 0.263. The van der Waals surface area contributed by atoms with Gasteiger partial charge in [0.1, 0.15) is 5.75 Å². The van der Waals surface area contributed by atoms with Gasteiger partial charge in [0.05, 0.1) is 28.1 Å². The SMILES string of the molecule is O=C(COc1cccc([C@H]2c3sc(=O)[nH]c3SC3C4CC(C5C(=O)N(c6ccccc6C(F)(F)F)C(=O)C45)C32)c1)Nc1ccc2ccccc2c1. The number of hydrogen-bond donors (Lipinski definition) is 2. The molecule has 4 aromatic carbocycles. The van der Waals surface area contributed by atoms with E-state index >= 15 is 0 Å². The highest BCUT2D eigenvalue weighted by molar-refractivity contribution is 8.00. The normalized spacial score (nSPS) is 26.3. The van der Waals surface area contributed by atoms with E-state index < -0.39 is 41.1 Å². The number of nitrogens with zero attached hydrogens (tertiary/aromatic N) is 1. The van der Waals surface area contributed by atoms with Crippen molar-refractivity contribution in [2.75, 3.05) is 16.8 Å². The molecule has 3 fully saturated rings. The number of nitrogens with one attached hydrogen (secondary N) is 2. The lowest BCUT2D eigenvalue weighted by molar-refractivity contribution is -0.137. The number of H-pyrrole nitrogens is 1. The number of alkyl halides is 3. The number of fused-ring (bicyclic) bond motifs is 10. The monoisotopic (exact) mass is 727 g/mol. The second-order valence-electron chi connectivity index (χ2n) is 13.5. The maximum absolute atomic E-state index is 14.1. The molecule has 51 heavy (non-hydrogen) atoms. The first-order valence-corrected chi connectivity index (χ1v) is 18.2. The first kappa shape index (κ1) is 32.1. The predicted octanol–water partition coefficient (Wildman–Crippen LogP) is 7.30. The molecule has 2 aliphatic heterocycles. The van der Waals surface area contributed by atoms with Crippen molar-refractivity contribution in [2.45, 2.75) is 28.8 Å². The van der Waals surface area contributed by atoms with Gasteiger partial charge in [-0.15, -0.1) is 11.8 Å². The molecule has 5 aromatic rings. The standard InChI is InChI=1S/C38H28F3N3O5S2/c39-38(40,41)25-10-3-4-11-26(25)44-35(46)30-23-16-24(31(30)36(44)47)32-29(23)28(33-34(50-32)43-37(48)51-33)20-8-5-9-22(15-20)49-17-27(45)42-21-13-12-18-6-1-2-7-19(18)14-21/h1-15,23-24,28-32H,16-17H2,(H,42,45)(H,43,48)/t23?,24?,28-,29?,30?,31?,32?/m1/s1. The molecule has 258 valence electrons. The zero-order valence-corrected chi connectivity index (χ0v) is 28.2. The molecule has 13 heteroatoms. The lowest BCUT2D eigenvalue weighted by Gasteiger charge is -2.43. The maximum atomic E-state index is 14.1. The van der Waals surface area contributed by atoms with Crippen molar-refractivity contribution in [3.05, 3.63) is 117 Å². The lowest BCUT2D eigenvalue weighted by atomic mass is 9.68. The summed E-state index contributed by atoms with van der Waals surface area (Å²) in [5, 5.41) is 5.48. The van der Waals surface area contributed by atoms with Gasteiger partial charge in [0.25, 0.3) is 5.91 Å². The number of para-hydroxylation sites is 1. The third-order valence-electron chi connectivity index (χ3n) is 10.8. The summed E-state index contributed by atoms with van der Waals surface area (Å²) in [6.07, 6.45) is -4.15. The van der Waals surface area contributed by atoms with E-state index in [4.69, 9.17) is 4.74 Å². The van der Waals surface area contributed by atoms with Gasteiger partial charge in [-0.25, -0.2) is 4.90 Å². The van der Waals surface area contributed by atoms with Crippen LogP contribution in [0.1, 0.15) is 28.3 Å². The van der Waals surface area contributed by atoms with Gasteiger partial charge in [-0.1, -0.05) is 65.9 Å². The summed E-state index contributed by atoms with van der Waals surface area (Å²) in [7, 11) is 0. The van der Waals surface area contributed by atoms with E-state index in [1.54, 1.807) is 6.07 Å². The van der Waals surface area contributed by atoms with Crippen molar-refractivity contribution in [2.24, 2.45) is 29.6 Å². The molecular formula is C38H28F3N3O5S2. The Balaban J connectivity index is 0.998. The van der Waals surface area contributed by atoms with E-state index in [-0.39, 0.29) is 46.3 Å². The highest BCUT2D eigenvalue weighted by Gasteiger charge is 2.70. The second-order valence-corrected chi connectivity index (χ2v) is 15.7. The van der Waals surface area contributed by atoms with Gasteiger partial charge >= 0.3 is 11.0 Å². The summed E-state index contributed by atoms with van der Waals surface area (Å²) in [5.41, 5.74) is 0.0196. The number of halogens is 3. The van der Waals surface area contributed by atoms with Crippen molar-refractivity contribution < 1.29 is 32.3 Å². The van der Waals surface area contributed by atoms with Crippen molar-refractivity contribution in [1.82, 2.24) is 4.98 Å². The Morgan fingerprint density at radius 1 is 0.882 bits per heavy atom. The number of anilines is 2. The van der Waals surface area contributed by atoms with E-state index in [9.17, 15) is 32.3 Å². The molecule has 4 aliphatic rings. The average molecular weight is 728 g/mol. The maximum Gasteiger partial charge on any atom is 0.418 e. The first-order valence-electron chi connectivity index (χ1n) is 16.5. The fourth-order valence-corrected chi connectivity index (χ4v) is 11.8. The van der Waals surface area contributed by atoms with Crippen LogP contribution < -0.4 is 19.8 Å². The number of thioether (sulfide) groups is 1. The number of carbonyl (C=O) groups excluding carboxylic acids is 3. The van der Waals surface area contributed by atoms with Crippen LogP contribution in [0.25, 0.3) is 10.8 Å². The molecule has 2 saturated carbocycles. The van der Waals surface area contributed by atoms with Crippen LogP contribution in [0.2, 0.25) is 0 Å². The number of amides is 3. The van der Waals surface area contributed by atoms with E-state index in [0.717, 1.165) is 43.5 Å². The van der Waals surface area contributed by atoms with Gasteiger partial charge in [-0.3, -0.25) is 19.2 Å². The van der Waals surface area contributed by atoms with Gasteiger partial charge in [0.15, 0.2) is 6.61 Å². The number of benzene rings is 4. The molecule has 3 heterocycles. The number of imide groups is 1. The largest absolute Gasteiger partial charge is 0.484 e. The van der Waals surface area contributed by atoms with Crippen LogP contribution in [0.4, 0.5) is 24.5 Å². The summed E-state index contributed by atoms with van der Waals surface area (Å²) in [4.78, 5) is 57.8. The Morgan fingerprint density at radius 2 is 1.63 bits per heavy atom. The first-order chi connectivity index (χ1) is 24.6. The van der Waals surface area contributed by atoms with Crippen LogP contribution in [-0.4, -0.2) is 34.6 Å². The van der Waals surface area contributed by atoms with Crippen LogP contribution in [0.15, 0.2) is 101 Å². The highest BCUT2D eigenvalue weighted by atomic mass is 32.2. The van der Waals surface area contributed by atoms with Crippen LogP contribution in [-0.2, 0) is 20.6 Å². The molecule has 3 amide bonds. The zero-order valence-electron chi connectivity index (χ0n) is 26.6. The van der Waals surface area contributed by atoms with Crippen LogP contribution in [0.5, 0.6) is 5.75 Å². The number of ether oxygens (including phenoxy) is 1. The van der Waals surface area contributed by atoms with Crippen molar-refractivity contribution in [3.63, 3.8) is 0 Å². The van der Waals surface area contributed by atoms with E-state index in [0.29, 0.717) is 22.9 Å². The minimum Gasteiger partial charge on any atom is -0.484 e. The topological polar surface area (TPSA) is 109 Å². The number of rotatable bonds is 6. The van der Waals surface area contributed by atoms with Crippen LogP contribution >= 0.6 is 23.1 Å². The minimum atomic E-state index is -4.74. The molecule has 2 bridgehead atoms. The Bertz CT molecular complexity index is 2320. The zero-order chi connectivity index (χ0) is 35.2. The molecule has 7 atom stereocenters. The predicted molar refractivity (Wildman–Crippen MR) is 187 cm³/mol. The molecule has 1 aromatic heterocycles. The molecule has 0 spiro atoms. The summed E-state index contributed by atoms with van der Waals surface area (Å²) >= 11 is 2.60. The van der Waals surface area contributed by atoms with Gasteiger partial charge in [0, 0.05) is 21.7 Å². The minimum absolute atomic E-state index is 0.147. The van der Waals surface area contributed by atoms with Crippen molar-refractivity contribution in [1.29, 1.82) is 0 Å². The molecule has 2 aliphatic carbocycles. The molecule has 9 rings (SSSR count). The molecule has 6 unspecified atom stereocenters. The molecule has 8 nitrogen and oxygen atoms in total. The number of thiazole rings is 1. The fourth-order valence-electron chi connectivity index (χ4n) is 8.95. The summed E-state index contributed by atoms with van der Waals surface area (Å²) in [6, 6.07) is 25.5. The Morgan fingerprint density at radius 3 is 2.43 bits per heavy atom.